The Hall–Kier alpha value is -2.76. The molecule has 1 atom stereocenters. The molecule has 2 aromatic rings. The summed E-state index contributed by atoms with van der Waals surface area (Å²) in [5, 5.41) is 10.9. The number of nitro groups is 1. The van der Waals surface area contributed by atoms with E-state index in [9.17, 15) is 14.5 Å². The maximum Gasteiger partial charge on any atom is 0.271 e. The van der Waals surface area contributed by atoms with Crippen LogP contribution >= 0.6 is 0 Å². The summed E-state index contributed by atoms with van der Waals surface area (Å²) in [4.78, 5) is 17.0. The van der Waals surface area contributed by atoms with E-state index in [4.69, 9.17) is 0 Å². The van der Waals surface area contributed by atoms with Crippen LogP contribution in [-0.4, -0.2) is 23.2 Å². The summed E-state index contributed by atoms with van der Waals surface area (Å²) < 4.78 is 14.9. The molecule has 6 heteroatoms. The molecule has 0 aromatic heterocycles. The minimum atomic E-state index is -0.468. The lowest BCUT2D eigenvalue weighted by Gasteiger charge is -2.47. The average molecular weight is 383 g/mol. The maximum atomic E-state index is 14.9. The van der Waals surface area contributed by atoms with Gasteiger partial charge in [-0.1, -0.05) is 19.9 Å². The third-order valence-electron chi connectivity index (χ3n) is 5.34. The predicted molar refractivity (Wildman–Crippen MR) is 111 cm³/mol. The fraction of sp³-hybridized carbons (Fsp3) is 0.409. The minimum absolute atomic E-state index is 0.0204. The fourth-order valence-corrected chi connectivity index (χ4v) is 4.10. The molecule has 0 amide bonds. The highest BCUT2D eigenvalue weighted by Crippen LogP contribution is 2.44. The van der Waals surface area contributed by atoms with Crippen LogP contribution in [0, 0.1) is 15.9 Å². The molecular formula is C22H26FN3O2. The number of hydrogen-bond acceptors (Lipinski definition) is 4. The van der Waals surface area contributed by atoms with Crippen LogP contribution in [-0.2, 0) is 0 Å². The second kappa shape index (κ2) is 7.70. The first-order valence-corrected chi connectivity index (χ1v) is 9.62. The zero-order chi connectivity index (χ0) is 20.5. The SMILES string of the molecule is CCCN1c2cc(F)c(C=Nc3cccc([N+](=O)[O-])c3)cc2C(C)CC1(C)C. The summed E-state index contributed by atoms with van der Waals surface area (Å²) in [6.45, 7) is 9.59. The van der Waals surface area contributed by atoms with E-state index in [1.165, 1.54) is 18.3 Å². The molecule has 1 aliphatic heterocycles. The van der Waals surface area contributed by atoms with Crippen LogP contribution in [0.4, 0.5) is 21.5 Å². The van der Waals surface area contributed by atoms with Crippen molar-refractivity contribution in [1.29, 1.82) is 0 Å². The smallest absolute Gasteiger partial charge is 0.271 e. The molecule has 0 spiro atoms. The van der Waals surface area contributed by atoms with E-state index in [0.29, 0.717) is 17.2 Å². The summed E-state index contributed by atoms with van der Waals surface area (Å²) >= 11 is 0. The maximum absolute atomic E-state index is 14.9. The van der Waals surface area contributed by atoms with E-state index in [-0.39, 0.29) is 17.0 Å². The van der Waals surface area contributed by atoms with Crippen LogP contribution in [0.3, 0.4) is 0 Å². The Kier molecular flexibility index (Phi) is 5.49. The van der Waals surface area contributed by atoms with Gasteiger partial charge in [0.15, 0.2) is 0 Å². The Morgan fingerprint density at radius 3 is 2.79 bits per heavy atom. The molecule has 0 bridgehead atoms. The summed E-state index contributed by atoms with van der Waals surface area (Å²) in [5.74, 6) is -0.0254. The molecule has 1 aliphatic rings. The number of non-ortho nitro benzene ring substituents is 1. The molecule has 0 radical (unpaired) electrons. The zero-order valence-electron chi connectivity index (χ0n) is 16.8. The number of hydrogen-bond donors (Lipinski definition) is 0. The normalized spacial score (nSPS) is 18.3. The number of rotatable bonds is 5. The lowest BCUT2D eigenvalue weighted by molar-refractivity contribution is -0.384. The molecule has 3 rings (SSSR count). The van der Waals surface area contributed by atoms with Gasteiger partial charge in [0.1, 0.15) is 5.82 Å². The first-order valence-electron chi connectivity index (χ1n) is 9.62. The third kappa shape index (κ3) is 3.91. The molecular weight excluding hydrogens is 357 g/mol. The van der Waals surface area contributed by atoms with Gasteiger partial charge >= 0.3 is 0 Å². The average Bonchev–Trinajstić information content (AvgIpc) is 2.63. The highest BCUT2D eigenvalue weighted by Gasteiger charge is 2.36. The number of halogens is 1. The van der Waals surface area contributed by atoms with Crippen LogP contribution in [0.15, 0.2) is 41.4 Å². The Morgan fingerprint density at radius 1 is 1.36 bits per heavy atom. The van der Waals surface area contributed by atoms with Crippen molar-refractivity contribution in [3.05, 3.63) is 63.5 Å². The largest absolute Gasteiger partial charge is 0.366 e. The van der Waals surface area contributed by atoms with Crippen LogP contribution in [0.25, 0.3) is 0 Å². The molecule has 0 saturated carbocycles. The number of fused-ring (bicyclic) bond motifs is 1. The number of benzene rings is 2. The van der Waals surface area contributed by atoms with Gasteiger partial charge in [0.25, 0.3) is 5.69 Å². The predicted octanol–water partition coefficient (Wildman–Crippen LogP) is 5.99. The third-order valence-corrected chi connectivity index (χ3v) is 5.34. The summed E-state index contributed by atoms with van der Waals surface area (Å²) in [7, 11) is 0. The first kappa shape index (κ1) is 20.0. The second-order valence-corrected chi connectivity index (χ2v) is 8.04. The molecule has 2 aromatic carbocycles. The van der Waals surface area contributed by atoms with Gasteiger partial charge in [-0.05, 0) is 56.4 Å². The Labute approximate surface area is 165 Å². The van der Waals surface area contributed by atoms with Crippen molar-refractivity contribution >= 4 is 23.3 Å². The van der Waals surface area contributed by atoms with E-state index in [2.05, 4.69) is 37.6 Å². The quantitative estimate of drug-likeness (QED) is 0.362. The van der Waals surface area contributed by atoms with Crippen molar-refractivity contribution in [2.24, 2.45) is 4.99 Å². The molecule has 0 N–H and O–H groups in total. The van der Waals surface area contributed by atoms with Crippen molar-refractivity contribution in [3.8, 4) is 0 Å². The van der Waals surface area contributed by atoms with Crippen LogP contribution in [0.5, 0.6) is 0 Å². The van der Waals surface area contributed by atoms with E-state index in [1.807, 2.05) is 6.07 Å². The molecule has 0 aliphatic carbocycles. The van der Waals surface area contributed by atoms with E-state index >= 15 is 0 Å². The zero-order valence-corrected chi connectivity index (χ0v) is 16.8. The first-order chi connectivity index (χ1) is 13.2. The molecule has 1 unspecified atom stereocenters. The summed E-state index contributed by atoms with van der Waals surface area (Å²) in [5.41, 5.74) is 2.84. The van der Waals surface area contributed by atoms with Crippen molar-refractivity contribution in [1.82, 2.24) is 0 Å². The van der Waals surface area contributed by atoms with Gasteiger partial charge in [-0.3, -0.25) is 15.1 Å². The highest BCUT2D eigenvalue weighted by atomic mass is 19.1. The second-order valence-electron chi connectivity index (χ2n) is 8.04. The Bertz CT molecular complexity index is 924. The summed E-state index contributed by atoms with van der Waals surface area (Å²) in [6.07, 6.45) is 3.44. The Balaban J connectivity index is 1.98. The van der Waals surface area contributed by atoms with E-state index in [1.54, 1.807) is 18.2 Å². The van der Waals surface area contributed by atoms with Crippen LogP contribution in [0.2, 0.25) is 0 Å². The fourth-order valence-electron chi connectivity index (χ4n) is 4.10. The van der Waals surface area contributed by atoms with Gasteiger partial charge in [-0.25, -0.2) is 4.39 Å². The minimum Gasteiger partial charge on any atom is -0.366 e. The van der Waals surface area contributed by atoms with Crippen molar-refractivity contribution in [2.45, 2.75) is 52.0 Å². The van der Waals surface area contributed by atoms with Crippen molar-refractivity contribution in [2.75, 3.05) is 11.4 Å². The topological polar surface area (TPSA) is 58.7 Å². The number of aliphatic imine (C=N–C) groups is 1. The van der Waals surface area contributed by atoms with Gasteiger partial charge in [0, 0.05) is 41.7 Å². The standard InChI is InChI=1S/C22H26FN3O2/c1-5-9-25-21-12-20(23)16(10-19(21)15(2)13-22(25,3)4)14-24-17-7-6-8-18(11-17)26(27)28/h6-8,10-12,14-15H,5,9,13H2,1-4H3. The molecule has 148 valence electrons. The molecule has 0 saturated heterocycles. The van der Waals surface area contributed by atoms with Gasteiger partial charge < -0.3 is 4.90 Å². The lowest BCUT2D eigenvalue weighted by Crippen LogP contribution is -2.48. The van der Waals surface area contributed by atoms with E-state index < -0.39 is 4.92 Å². The molecule has 1 heterocycles. The van der Waals surface area contributed by atoms with Gasteiger partial charge in [0.05, 0.1) is 10.6 Å². The number of nitro benzene ring substituents is 1. The highest BCUT2D eigenvalue weighted by molar-refractivity contribution is 5.84. The lowest BCUT2D eigenvalue weighted by atomic mass is 9.79. The Morgan fingerprint density at radius 2 is 2.11 bits per heavy atom. The summed E-state index contributed by atoms with van der Waals surface area (Å²) in [6, 6.07) is 9.49. The van der Waals surface area contributed by atoms with Gasteiger partial charge in [-0.15, -0.1) is 0 Å². The van der Waals surface area contributed by atoms with Crippen molar-refractivity contribution in [3.63, 3.8) is 0 Å². The number of anilines is 1. The van der Waals surface area contributed by atoms with E-state index in [0.717, 1.165) is 30.6 Å². The molecule has 5 nitrogen and oxygen atoms in total. The van der Waals surface area contributed by atoms with Gasteiger partial charge in [-0.2, -0.15) is 0 Å². The molecule has 28 heavy (non-hydrogen) atoms. The van der Waals surface area contributed by atoms with Gasteiger partial charge in [0.2, 0.25) is 0 Å². The number of nitrogens with zero attached hydrogens (tertiary/aromatic N) is 3. The monoisotopic (exact) mass is 383 g/mol. The van der Waals surface area contributed by atoms with Crippen molar-refractivity contribution < 1.29 is 9.31 Å². The molecule has 0 fully saturated rings. The van der Waals surface area contributed by atoms with Crippen LogP contribution < -0.4 is 4.90 Å². The van der Waals surface area contributed by atoms with Crippen LogP contribution in [0.1, 0.15) is 57.6 Å².